The summed E-state index contributed by atoms with van der Waals surface area (Å²) in [5.74, 6) is 1.82. The first kappa shape index (κ1) is 17.4. The SMILES string of the molecule is N#Cc1ccc(C(=O)Nc2cccc(COc3ccc4c(c3)OCO4)c2)cc1. The van der Waals surface area contributed by atoms with E-state index in [0.29, 0.717) is 40.7 Å². The summed E-state index contributed by atoms with van der Waals surface area (Å²) in [7, 11) is 0. The average Bonchev–Trinajstić information content (AvgIpc) is 3.20. The molecule has 0 bridgehead atoms. The molecule has 0 aliphatic carbocycles. The van der Waals surface area contributed by atoms with Crippen LogP contribution in [-0.2, 0) is 6.61 Å². The van der Waals surface area contributed by atoms with Crippen molar-refractivity contribution in [2.24, 2.45) is 0 Å². The summed E-state index contributed by atoms with van der Waals surface area (Å²) in [5, 5.41) is 11.7. The Morgan fingerprint density at radius 3 is 2.68 bits per heavy atom. The molecule has 0 saturated heterocycles. The molecule has 0 unspecified atom stereocenters. The van der Waals surface area contributed by atoms with Crippen molar-refractivity contribution in [3.05, 3.63) is 83.4 Å². The maximum absolute atomic E-state index is 12.4. The summed E-state index contributed by atoms with van der Waals surface area (Å²) in [6.45, 7) is 0.569. The minimum Gasteiger partial charge on any atom is -0.489 e. The highest BCUT2D eigenvalue weighted by molar-refractivity contribution is 6.04. The summed E-state index contributed by atoms with van der Waals surface area (Å²) in [5.41, 5.74) is 2.58. The quantitative estimate of drug-likeness (QED) is 0.729. The van der Waals surface area contributed by atoms with E-state index in [2.05, 4.69) is 5.32 Å². The van der Waals surface area contributed by atoms with E-state index in [1.165, 1.54) is 0 Å². The van der Waals surface area contributed by atoms with Crippen LogP contribution >= 0.6 is 0 Å². The molecule has 1 aliphatic rings. The van der Waals surface area contributed by atoms with Crippen LogP contribution in [0.1, 0.15) is 21.5 Å². The van der Waals surface area contributed by atoms with Gasteiger partial charge >= 0.3 is 0 Å². The Kier molecular flexibility index (Phi) is 4.81. The first-order valence-electron chi connectivity index (χ1n) is 8.64. The highest BCUT2D eigenvalue weighted by Crippen LogP contribution is 2.35. The number of fused-ring (bicyclic) bond motifs is 1. The number of carbonyl (C=O) groups excluding carboxylic acids is 1. The summed E-state index contributed by atoms with van der Waals surface area (Å²) in [4.78, 5) is 12.4. The Morgan fingerprint density at radius 2 is 1.86 bits per heavy atom. The lowest BCUT2D eigenvalue weighted by atomic mass is 10.1. The summed E-state index contributed by atoms with van der Waals surface area (Å²) in [6.07, 6.45) is 0. The molecule has 6 heteroatoms. The lowest BCUT2D eigenvalue weighted by molar-refractivity contribution is 0.102. The Balaban J connectivity index is 1.39. The molecular formula is C22H16N2O4. The zero-order chi connectivity index (χ0) is 19.3. The minimum atomic E-state index is -0.238. The van der Waals surface area contributed by atoms with Crippen LogP contribution in [0.25, 0.3) is 0 Å². The van der Waals surface area contributed by atoms with Crippen molar-refractivity contribution < 1.29 is 19.0 Å². The van der Waals surface area contributed by atoms with Crippen molar-refractivity contribution >= 4 is 11.6 Å². The van der Waals surface area contributed by atoms with Gasteiger partial charge in [0.15, 0.2) is 11.5 Å². The van der Waals surface area contributed by atoms with Gasteiger partial charge in [-0.3, -0.25) is 4.79 Å². The Labute approximate surface area is 161 Å². The van der Waals surface area contributed by atoms with Gasteiger partial charge in [-0.05, 0) is 54.1 Å². The van der Waals surface area contributed by atoms with Crippen molar-refractivity contribution in [2.75, 3.05) is 12.1 Å². The average molecular weight is 372 g/mol. The largest absolute Gasteiger partial charge is 0.489 e. The van der Waals surface area contributed by atoms with Crippen LogP contribution in [0.3, 0.4) is 0 Å². The van der Waals surface area contributed by atoms with Crippen molar-refractivity contribution in [3.8, 4) is 23.3 Å². The third-order valence-corrected chi connectivity index (χ3v) is 4.21. The van der Waals surface area contributed by atoms with E-state index in [0.717, 1.165) is 5.56 Å². The van der Waals surface area contributed by atoms with E-state index in [1.807, 2.05) is 42.5 Å². The fraction of sp³-hybridized carbons (Fsp3) is 0.0909. The van der Waals surface area contributed by atoms with Crippen molar-refractivity contribution in [1.82, 2.24) is 0 Å². The van der Waals surface area contributed by atoms with Crippen LogP contribution in [0.5, 0.6) is 17.2 Å². The summed E-state index contributed by atoms with van der Waals surface area (Å²) >= 11 is 0. The molecule has 6 nitrogen and oxygen atoms in total. The molecule has 138 valence electrons. The molecule has 1 N–H and O–H groups in total. The van der Waals surface area contributed by atoms with E-state index >= 15 is 0 Å². The van der Waals surface area contributed by atoms with E-state index in [1.54, 1.807) is 30.3 Å². The molecule has 3 aromatic rings. The van der Waals surface area contributed by atoms with Gasteiger partial charge in [-0.25, -0.2) is 0 Å². The zero-order valence-corrected chi connectivity index (χ0v) is 14.8. The number of anilines is 1. The van der Waals surface area contributed by atoms with Gasteiger partial charge < -0.3 is 19.5 Å². The van der Waals surface area contributed by atoms with Crippen molar-refractivity contribution in [3.63, 3.8) is 0 Å². The third-order valence-electron chi connectivity index (χ3n) is 4.21. The number of benzene rings is 3. The van der Waals surface area contributed by atoms with E-state index in [4.69, 9.17) is 19.5 Å². The minimum absolute atomic E-state index is 0.222. The van der Waals surface area contributed by atoms with E-state index in [-0.39, 0.29) is 12.7 Å². The Morgan fingerprint density at radius 1 is 1.04 bits per heavy atom. The predicted octanol–water partition coefficient (Wildman–Crippen LogP) is 4.12. The number of nitrogens with zero attached hydrogens (tertiary/aromatic N) is 1. The predicted molar refractivity (Wildman–Crippen MR) is 102 cm³/mol. The van der Waals surface area contributed by atoms with Gasteiger partial charge in [0.25, 0.3) is 5.91 Å². The molecule has 0 radical (unpaired) electrons. The highest BCUT2D eigenvalue weighted by Gasteiger charge is 2.13. The highest BCUT2D eigenvalue weighted by atomic mass is 16.7. The first-order valence-corrected chi connectivity index (χ1v) is 8.64. The van der Waals surface area contributed by atoms with Gasteiger partial charge in [0.2, 0.25) is 6.79 Å². The molecule has 4 rings (SSSR count). The second kappa shape index (κ2) is 7.72. The number of ether oxygens (including phenoxy) is 3. The maximum atomic E-state index is 12.4. The molecule has 1 amide bonds. The molecule has 0 aromatic heterocycles. The first-order chi connectivity index (χ1) is 13.7. The molecule has 0 fully saturated rings. The van der Waals surface area contributed by atoms with Crippen LogP contribution in [0.2, 0.25) is 0 Å². The molecule has 3 aromatic carbocycles. The number of amides is 1. The standard InChI is InChI=1S/C22H16N2O4/c23-12-15-4-6-17(7-5-15)22(25)24-18-3-1-2-16(10-18)13-26-19-8-9-20-21(11-19)28-14-27-20/h1-11H,13-14H2,(H,24,25). The van der Waals surface area contributed by atoms with Crippen LogP contribution in [-0.4, -0.2) is 12.7 Å². The van der Waals surface area contributed by atoms with Crippen molar-refractivity contribution in [2.45, 2.75) is 6.61 Å². The topological polar surface area (TPSA) is 80.6 Å². The molecule has 1 aliphatic heterocycles. The van der Waals surface area contributed by atoms with Crippen LogP contribution in [0.4, 0.5) is 5.69 Å². The third kappa shape index (κ3) is 3.89. The fourth-order valence-corrected chi connectivity index (χ4v) is 2.77. The number of hydrogen-bond acceptors (Lipinski definition) is 5. The van der Waals surface area contributed by atoms with Gasteiger partial charge in [-0.1, -0.05) is 12.1 Å². The summed E-state index contributed by atoms with van der Waals surface area (Å²) < 4.78 is 16.4. The van der Waals surface area contributed by atoms with E-state index < -0.39 is 0 Å². The van der Waals surface area contributed by atoms with Gasteiger partial charge in [0.1, 0.15) is 12.4 Å². The molecule has 0 saturated carbocycles. The number of nitriles is 1. The van der Waals surface area contributed by atoms with Gasteiger partial charge in [0, 0.05) is 17.3 Å². The van der Waals surface area contributed by atoms with Crippen molar-refractivity contribution in [1.29, 1.82) is 5.26 Å². The maximum Gasteiger partial charge on any atom is 0.255 e. The number of carbonyl (C=O) groups is 1. The second-order valence-electron chi connectivity index (χ2n) is 6.15. The molecule has 28 heavy (non-hydrogen) atoms. The normalized spacial score (nSPS) is 11.5. The number of nitrogens with one attached hydrogen (secondary N) is 1. The Hall–Kier alpha value is -3.98. The molecule has 0 atom stereocenters. The second-order valence-corrected chi connectivity index (χ2v) is 6.15. The van der Waals surface area contributed by atoms with Crippen LogP contribution < -0.4 is 19.5 Å². The number of rotatable bonds is 5. The van der Waals surface area contributed by atoms with Gasteiger partial charge in [-0.2, -0.15) is 5.26 Å². The zero-order valence-electron chi connectivity index (χ0n) is 14.8. The summed E-state index contributed by atoms with van der Waals surface area (Å²) in [6, 6.07) is 21.4. The molecule has 1 heterocycles. The lowest BCUT2D eigenvalue weighted by Gasteiger charge is -2.10. The fourth-order valence-electron chi connectivity index (χ4n) is 2.77. The van der Waals surface area contributed by atoms with E-state index in [9.17, 15) is 4.79 Å². The number of hydrogen-bond donors (Lipinski definition) is 1. The molecule has 0 spiro atoms. The monoisotopic (exact) mass is 372 g/mol. The van der Waals surface area contributed by atoms with Gasteiger partial charge in [-0.15, -0.1) is 0 Å². The molecular weight excluding hydrogens is 356 g/mol. The van der Waals surface area contributed by atoms with Gasteiger partial charge in [0.05, 0.1) is 11.6 Å². The lowest BCUT2D eigenvalue weighted by Crippen LogP contribution is -2.12. The van der Waals surface area contributed by atoms with Crippen LogP contribution in [0, 0.1) is 11.3 Å². The Bertz CT molecular complexity index is 1050. The van der Waals surface area contributed by atoms with Crippen LogP contribution in [0.15, 0.2) is 66.7 Å². The smallest absolute Gasteiger partial charge is 0.255 e.